The monoisotopic (exact) mass is 380 g/mol. The van der Waals surface area contributed by atoms with E-state index >= 15 is 0 Å². The van der Waals surface area contributed by atoms with Crippen molar-refractivity contribution in [2.24, 2.45) is 17.8 Å². The average molecular weight is 381 g/mol. The molecule has 140 valence electrons. The van der Waals surface area contributed by atoms with Crippen molar-refractivity contribution in [2.45, 2.75) is 25.3 Å². The lowest BCUT2D eigenvalue weighted by molar-refractivity contribution is 0.433. The quantitative estimate of drug-likeness (QED) is 0.329. The van der Waals surface area contributed by atoms with Gasteiger partial charge in [-0.1, -0.05) is 110 Å². The Kier molecular flexibility index (Phi) is 4.78. The molecule has 3 unspecified atom stereocenters. The van der Waals surface area contributed by atoms with Crippen LogP contribution in [0.15, 0.2) is 103 Å². The minimum atomic E-state index is -2.04. The third-order valence-electron chi connectivity index (χ3n) is 7.11. The van der Waals surface area contributed by atoms with Gasteiger partial charge >= 0.3 is 0 Å². The first-order valence-electron chi connectivity index (χ1n) is 10.7. The Morgan fingerprint density at radius 3 is 1.50 bits per heavy atom. The van der Waals surface area contributed by atoms with Gasteiger partial charge in [-0.3, -0.25) is 0 Å². The highest BCUT2D eigenvalue weighted by Gasteiger charge is 2.42. The first kappa shape index (κ1) is 17.7. The Morgan fingerprint density at radius 1 is 0.607 bits per heavy atom. The Labute approximate surface area is 170 Å². The van der Waals surface area contributed by atoms with Gasteiger partial charge in [-0.15, -0.1) is 0 Å². The summed E-state index contributed by atoms with van der Waals surface area (Å²) in [7, 11) is -2.04. The third kappa shape index (κ3) is 3.08. The summed E-state index contributed by atoms with van der Waals surface area (Å²) in [4.78, 5) is 0. The van der Waals surface area contributed by atoms with E-state index in [1.807, 2.05) is 0 Å². The summed E-state index contributed by atoms with van der Waals surface area (Å²) < 4.78 is 0. The first-order valence-corrected chi connectivity index (χ1v) is 12.9. The number of hydrogen-bond donors (Lipinski definition) is 0. The Bertz CT molecular complexity index is 833. The SMILES string of the molecule is C1=CC2CC1CC2CC[Si](c1ccccc1)(c1ccccc1)c1ccccc1. The highest BCUT2D eigenvalue weighted by atomic mass is 28.3. The van der Waals surface area contributed by atoms with Gasteiger partial charge in [-0.2, -0.15) is 0 Å². The molecule has 3 atom stereocenters. The van der Waals surface area contributed by atoms with E-state index in [4.69, 9.17) is 0 Å². The molecule has 0 aliphatic heterocycles. The van der Waals surface area contributed by atoms with Crippen molar-refractivity contribution in [2.75, 3.05) is 0 Å². The molecule has 3 aromatic rings. The first-order chi connectivity index (χ1) is 13.9. The van der Waals surface area contributed by atoms with E-state index in [9.17, 15) is 0 Å². The lowest BCUT2D eigenvalue weighted by Crippen LogP contribution is -2.67. The molecular weight excluding hydrogens is 352 g/mol. The van der Waals surface area contributed by atoms with E-state index < -0.39 is 8.07 Å². The van der Waals surface area contributed by atoms with Crippen LogP contribution in [0.2, 0.25) is 6.04 Å². The normalized spacial score (nSPS) is 23.2. The van der Waals surface area contributed by atoms with Crippen LogP contribution >= 0.6 is 0 Å². The molecule has 1 fully saturated rings. The molecule has 2 bridgehead atoms. The predicted molar refractivity (Wildman–Crippen MR) is 122 cm³/mol. The number of benzene rings is 3. The van der Waals surface area contributed by atoms with Crippen LogP contribution in [0, 0.1) is 17.8 Å². The smallest absolute Gasteiger partial charge is 0.0851 e. The lowest BCUT2D eigenvalue weighted by atomic mass is 9.91. The van der Waals surface area contributed by atoms with Crippen LogP contribution in [-0.4, -0.2) is 8.07 Å². The van der Waals surface area contributed by atoms with E-state index in [1.165, 1.54) is 25.3 Å². The summed E-state index contributed by atoms with van der Waals surface area (Å²) in [6, 6.07) is 35.4. The fourth-order valence-corrected chi connectivity index (χ4v) is 10.7. The molecule has 0 saturated heterocycles. The Balaban J connectivity index is 1.60. The van der Waals surface area contributed by atoms with Gasteiger partial charge in [0.25, 0.3) is 0 Å². The lowest BCUT2D eigenvalue weighted by Gasteiger charge is -2.35. The van der Waals surface area contributed by atoms with Crippen LogP contribution in [0.3, 0.4) is 0 Å². The highest BCUT2D eigenvalue weighted by molar-refractivity contribution is 7.11. The standard InChI is InChI=1S/C27H28Si/c1-4-10-25(11-5-1)28(26-12-6-2-7-13-26,27-14-8-3-9-15-27)19-18-24-21-22-16-17-23(24)20-22/h1-17,22-24H,18-21H2. The second kappa shape index (κ2) is 7.56. The molecule has 0 spiro atoms. The molecule has 0 heterocycles. The maximum Gasteiger partial charge on any atom is 0.148 e. The third-order valence-corrected chi connectivity index (χ3v) is 12.1. The van der Waals surface area contributed by atoms with Gasteiger partial charge in [0.15, 0.2) is 0 Å². The van der Waals surface area contributed by atoms with Crippen LogP contribution in [0.4, 0.5) is 0 Å². The summed E-state index contributed by atoms with van der Waals surface area (Å²) in [6.45, 7) is 0. The van der Waals surface area contributed by atoms with Crippen molar-refractivity contribution >= 4 is 23.6 Å². The largest absolute Gasteiger partial charge is 0.148 e. The summed E-state index contributed by atoms with van der Waals surface area (Å²) in [5.41, 5.74) is 0. The van der Waals surface area contributed by atoms with Gasteiger partial charge in [-0.05, 0) is 52.2 Å². The van der Waals surface area contributed by atoms with Gasteiger partial charge in [-0.25, -0.2) is 0 Å². The summed E-state index contributed by atoms with van der Waals surface area (Å²) >= 11 is 0. The number of allylic oxidation sites excluding steroid dienone is 2. The van der Waals surface area contributed by atoms with E-state index in [1.54, 1.807) is 15.6 Å². The summed E-state index contributed by atoms with van der Waals surface area (Å²) in [6.07, 6.45) is 9.13. The number of hydrogen-bond acceptors (Lipinski definition) is 0. The summed E-state index contributed by atoms with van der Waals surface area (Å²) in [5.74, 6) is 2.56. The minimum Gasteiger partial charge on any atom is -0.0851 e. The second-order valence-electron chi connectivity index (χ2n) is 8.58. The summed E-state index contributed by atoms with van der Waals surface area (Å²) in [5, 5.41) is 4.64. The molecule has 1 saturated carbocycles. The van der Waals surface area contributed by atoms with Crippen LogP contribution in [0.1, 0.15) is 19.3 Å². The predicted octanol–water partition coefficient (Wildman–Crippen LogP) is 4.76. The fraction of sp³-hybridized carbons (Fsp3) is 0.259. The van der Waals surface area contributed by atoms with E-state index in [-0.39, 0.29) is 0 Å². The molecule has 1 heteroatoms. The van der Waals surface area contributed by atoms with Crippen molar-refractivity contribution in [1.82, 2.24) is 0 Å². The van der Waals surface area contributed by atoms with Crippen LogP contribution in [0.25, 0.3) is 0 Å². The van der Waals surface area contributed by atoms with Crippen molar-refractivity contribution in [3.63, 3.8) is 0 Å². The highest BCUT2D eigenvalue weighted by Crippen LogP contribution is 2.46. The topological polar surface area (TPSA) is 0 Å². The van der Waals surface area contributed by atoms with Crippen molar-refractivity contribution in [3.05, 3.63) is 103 Å². The maximum atomic E-state index is 2.51. The molecule has 2 aliphatic carbocycles. The minimum absolute atomic E-state index is 0.832. The Hall–Kier alpha value is -2.38. The van der Waals surface area contributed by atoms with Crippen LogP contribution < -0.4 is 15.6 Å². The second-order valence-corrected chi connectivity index (χ2v) is 12.6. The van der Waals surface area contributed by atoms with E-state index in [2.05, 4.69) is 103 Å². The number of fused-ring (bicyclic) bond motifs is 2. The van der Waals surface area contributed by atoms with Crippen LogP contribution in [-0.2, 0) is 0 Å². The van der Waals surface area contributed by atoms with Gasteiger partial charge in [0.05, 0.1) is 0 Å². The van der Waals surface area contributed by atoms with Gasteiger partial charge in [0, 0.05) is 0 Å². The Morgan fingerprint density at radius 2 is 1.11 bits per heavy atom. The van der Waals surface area contributed by atoms with E-state index in [0.717, 1.165) is 17.8 Å². The van der Waals surface area contributed by atoms with Gasteiger partial charge < -0.3 is 0 Å². The molecule has 5 rings (SSSR count). The maximum absolute atomic E-state index is 2.51. The zero-order chi connectivity index (χ0) is 18.8. The molecule has 2 aliphatic rings. The van der Waals surface area contributed by atoms with Crippen molar-refractivity contribution in [3.8, 4) is 0 Å². The molecular formula is C27H28Si. The molecule has 0 amide bonds. The van der Waals surface area contributed by atoms with Crippen molar-refractivity contribution < 1.29 is 0 Å². The van der Waals surface area contributed by atoms with Gasteiger partial charge in [0.2, 0.25) is 0 Å². The zero-order valence-electron chi connectivity index (χ0n) is 16.4. The average Bonchev–Trinajstić information content (AvgIpc) is 3.40. The molecule has 3 aromatic carbocycles. The fourth-order valence-electron chi connectivity index (χ4n) is 5.73. The molecule has 0 N–H and O–H groups in total. The van der Waals surface area contributed by atoms with Crippen molar-refractivity contribution in [1.29, 1.82) is 0 Å². The number of rotatable bonds is 6. The molecule has 0 nitrogen and oxygen atoms in total. The van der Waals surface area contributed by atoms with E-state index in [0.29, 0.717) is 0 Å². The van der Waals surface area contributed by atoms with Crippen LogP contribution in [0.5, 0.6) is 0 Å². The zero-order valence-corrected chi connectivity index (χ0v) is 17.4. The molecule has 0 radical (unpaired) electrons. The molecule has 28 heavy (non-hydrogen) atoms. The molecule has 0 aromatic heterocycles. The van der Waals surface area contributed by atoms with Gasteiger partial charge in [0.1, 0.15) is 8.07 Å².